The molecular formula is C21H19FN2O5. The molecule has 2 aromatic rings. The first-order valence-electron chi connectivity index (χ1n) is 8.97. The SMILES string of the molecule is Cc1ccc(C(=O)NN2C[C@@H](C(=O)OCC(=O)c3ccc(F)cc3)CC2=O)cc1. The van der Waals surface area contributed by atoms with Gasteiger partial charge < -0.3 is 4.74 Å². The van der Waals surface area contributed by atoms with Crippen LogP contribution in [0.3, 0.4) is 0 Å². The topological polar surface area (TPSA) is 92.8 Å². The average Bonchev–Trinajstić information content (AvgIpc) is 3.07. The van der Waals surface area contributed by atoms with E-state index >= 15 is 0 Å². The van der Waals surface area contributed by atoms with Crippen molar-refractivity contribution >= 4 is 23.6 Å². The predicted octanol–water partition coefficient (Wildman–Crippen LogP) is 2.05. The molecule has 2 aromatic carbocycles. The Kier molecular flexibility index (Phi) is 6.01. The number of amides is 2. The number of halogens is 1. The van der Waals surface area contributed by atoms with Crippen LogP contribution in [0.5, 0.6) is 0 Å². The molecule has 0 saturated carbocycles. The quantitative estimate of drug-likeness (QED) is 0.594. The lowest BCUT2D eigenvalue weighted by Gasteiger charge is -2.17. The Balaban J connectivity index is 1.51. The highest BCUT2D eigenvalue weighted by molar-refractivity contribution is 5.99. The highest BCUT2D eigenvalue weighted by Gasteiger charge is 2.36. The van der Waals surface area contributed by atoms with E-state index < -0.39 is 41.9 Å². The van der Waals surface area contributed by atoms with E-state index in [4.69, 9.17) is 4.74 Å². The van der Waals surface area contributed by atoms with E-state index in [1.54, 1.807) is 24.3 Å². The van der Waals surface area contributed by atoms with Crippen LogP contribution in [0.2, 0.25) is 0 Å². The van der Waals surface area contributed by atoms with E-state index in [2.05, 4.69) is 5.43 Å². The summed E-state index contributed by atoms with van der Waals surface area (Å²) in [5, 5.41) is 1.08. The number of aryl methyl sites for hydroxylation is 1. The van der Waals surface area contributed by atoms with E-state index in [0.717, 1.165) is 22.7 Å². The van der Waals surface area contributed by atoms with Gasteiger partial charge in [0.15, 0.2) is 12.4 Å². The third-order valence-electron chi connectivity index (χ3n) is 4.52. The molecule has 1 atom stereocenters. The maximum Gasteiger partial charge on any atom is 0.311 e. The Labute approximate surface area is 166 Å². The van der Waals surface area contributed by atoms with E-state index in [9.17, 15) is 23.6 Å². The molecule has 7 nitrogen and oxygen atoms in total. The van der Waals surface area contributed by atoms with Gasteiger partial charge in [-0.3, -0.25) is 29.6 Å². The highest BCUT2D eigenvalue weighted by Crippen LogP contribution is 2.18. The second-order valence-corrected chi connectivity index (χ2v) is 6.75. The maximum atomic E-state index is 12.9. The fourth-order valence-electron chi connectivity index (χ4n) is 2.84. The van der Waals surface area contributed by atoms with Crippen molar-refractivity contribution < 1.29 is 28.3 Å². The van der Waals surface area contributed by atoms with Gasteiger partial charge in [-0.05, 0) is 43.3 Å². The van der Waals surface area contributed by atoms with Gasteiger partial charge in [0.2, 0.25) is 5.91 Å². The van der Waals surface area contributed by atoms with Crippen molar-refractivity contribution in [3.8, 4) is 0 Å². The molecule has 0 aromatic heterocycles. The maximum absolute atomic E-state index is 12.9. The summed E-state index contributed by atoms with van der Waals surface area (Å²) < 4.78 is 17.9. The molecule has 1 heterocycles. The number of hydrazine groups is 1. The second-order valence-electron chi connectivity index (χ2n) is 6.75. The largest absolute Gasteiger partial charge is 0.457 e. The Morgan fingerprint density at radius 3 is 2.34 bits per heavy atom. The van der Waals surface area contributed by atoms with Gasteiger partial charge in [-0.1, -0.05) is 17.7 Å². The molecule has 3 rings (SSSR count). The monoisotopic (exact) mass is 398 g/mol. The number of rotatable bonds is 6. The van der Waals surface area contributed by atoms with Gasteiger partial charge in [0.05, 0.1) is 12.5 Å². The number of ketones is 1. The van der Waals surface area contributed by atoms with Crippen LogP contribution in [0.25, 0.3) is 0 Å². The fraction of sp³-hybridized carbons (Fsp3) is 0.238. The van der Waals surface area contributed by atoms with E-state index in [1.165, 1.54) is 12.1 Å². The van der Waals surface area contributed by atoms with Gasteiger partial charge in [0.1, 0.15) is 5.82 Å². The van der Waals surface area contributed by atoms with Crippen LogP contribution in [-0.4, -0.2) is 41.7 Å². The van der Waals surface area contributed by atoms with Crippen LogP contribution in [0, 0.1) is 18.7 Å². The van der Waals surface area contributed by atoms with Gasteiger partial charge in [-0.2, -0.15) is 0 Å². The van der Waals surface area contributed by atoms with Gasteiger partial charge in [0, 0.05) is 17.5 Å². The zero-order chi connectivity index (χ0) is 21.0. The molecule has 150 valence electrons. The Bertz CT molecular complexity index is 941. The number of carbonyl (C=O) groups is 4. The number of hydrogen-bond acceptors (Lipinski definition) is 5. The lowest BCUT2D eigenvalue weighted by Crippen LogP contribution is -2.43. The number of nitrogens with one attached hydrogen (secondary N) is 1. The van der Waals surface area contributed by atoms with Gasteiger partial charge in [-0.25, -0.2) is 4.39 Å². The van der Waals surface area contributed by atoms with Gasteiger partial charge in [0.25, 0.3) is 5.91 Å². The van der Waals surface area contributed by atoms with Crippen molar-refractivity contribution in [3.63, 3.8) is 0 Å². The van der Waals surface area contributed by atoms with Crippen LogP contribution in [0.1, 0.15) is 32.7 Å². The van der Waals surface area contributed by atoms with Crippen molar-refractivity contribution in [2.24, 2.45) is 5.92 Å². The third kappa shape index (κ3) is 5.04. The molecule has 1 fully saturated rings. The number of benzene rings is 2. The molecule has 0 bridgehead atoms. The van der Waals surface area contributed by atoms with Crippen LogP contribution in [-0.2, 0) is 14.3 Å². The molecule has 29 heavy (non-hydrogen) atoms. The van der Waals surface area contributed by atoms with Gasteiger partial charge >= 0.3 is 5.97 Å². The lowest BCUT2D eigenvalue weighted by molar-refractivity contribution is -0.147. The molecule has 1 aliphatic heterocycles. The van der Waals surface area contributed by atoms with Crippen molar-refractivity contribution in [3.05, 3.63) is 71.0 Å². The third-order valence-corrected chi connectivity index (χ3v) is 4.52. The summed E-state index contributed by atoms with van der Waals surface area (Å²) in [7, 11) is 0. The van der Waals surface area contributed by atoms with Crippen molar-refractivity contribution in [2.45, 2.75) is 13.3 Å². The van der Waals surface area contributed by atoms with Crippen molar-refractivity contribution in [1.29, 1.82) is 0 Å². The Hall–Kier alpha value is -3.55. The zero-order valence-electron chi connectivity index (χ0n) is 15.7. The summed E-state index contributed by atoms with van der Waals surface area (Å²) in [5.41, 5.74) is 4.08. The van der Waals surface area contributed by atoms with Gasteiger partial charge in [-0.15, -0.1) is 0 Å². The predicted molar refractivity (Wildman–Crippen MR) is 100 cm³/mol. The number of esters is 1. The van der Waals surface area contributed by atoms with Crippen LogP contribution >= 0.6 is 0 Å². The molecule has 0 spiro atoms. The van der Waals surface area contributed by atoms with E-state index in [0.29, 0.717) is 5.56 Å². The van der Waals surface area contributed by atoms with Crippen LogP contribution in [0.4, 0.5) is 4.39 Å². The standard InChI is InChI=1S/C21H19FN2O5/c1-13-2-4-15(5-3-13)20(27)23-24-11-16(10-19(24)26)21(28)29-12-18(25)14-6-8-17(22)9-7-14/h2-9,16H,10-12H2,1H3,(H,23,27)/t16-/m0/s1. The summed E-state index contributed by atoms with van der Waals surface area (Å²) in [6, 6.07) is 11.7. The molecule has 8 heteroatoms. The smallest absolute Gasteiger partial charge is 0.311 e. The minimum atomic E-state index is -0.790. The fourth-order valence-corrected chi connectivity index (χ4v) is 2.84. The molecular weight excluding hydrogens is 379 g/mol. The Morgan fingerprint density at radius 2 is 1.69 bits per heavy atom. The molecule has 1 saturated heterocycles. The first-order valence-corrected chi connectivity index (χ1v) is 8.97. The normalized spacial score (nSPS) is 15.9. The number of ether oxygens (including phenoxy) is 1. The first-order chi connectivity index (χ1) is 13.8. The summed E-state index contributed by atoms with van der Waals surface area (Å²) in [5.74, 6) is -3.33. The molecule has 2 amide bonds. The summed E-state index contributed by atoms with van der Waals surface area (Å²) >= 11 is 0. The molecule has 0 unspecified atom stereocenters. The van der Waals surface area contributed by atoms with E-state index in [-0.39, 0.29) is 18.5 Å². The van der Waals surface area contributed by atoms with Crippen molar-refractivity contribution in [1.82, 2.24) is 10.4 Å². The number of carbonyl (C=O) groups excluding carboxylic acids is 4. The minimum absolute atomic E-state index is 0.0417. The van der Waals surface area contributed by atoms with E-state index in [1.807, 2.05) is 6.92 Å². The summed E-state index contributed by atoms with van der Waals surface area (Å²) in [6.07, 6.45) is -0.127. The van der Waals surface area contributed by atoms with Crippen molar-refractivity contribution in [2.75, 3.05) is 13.2 Å². The zero-order valence-corrected chi connectivity index (χ0v) is 15.7. The summed E-state index contributed by atoms with van der Waals surface area (Å²) in [4.78, 5) is 48.5. The highest BCUT2D eigenvalue weighted by atomic mass is 19.1. The summed E-state index contributed by atoms with van der Waals surface area (Å²) in [6.45, 7) is 1.34. The lowest BCUT2D eigenvalue weighted by atomic mass is 10.1. The minimum Gasteiger partial charge on any atom is -0.457 e. The molecule has 0 aliphatic carbocycles. The Morgan fingerprint density at radius 1 is 1.07 bits per heavy atom. The molecule has 1 N–H and O–H groups in total. The average molecular weight is 398 g/mol. The van der Waals surface area contributed by atoms with Crippen LogP contribution < -0.4 is 5.43 Å². The number of nitrogens with zero attached hydrogens (tertiary/aromatic N) is 1. The first kappa shape index (κ1) is 20.2. The molecule has 0 radical (unpaired) electrons. The number of hydrogen-bond donors (Lipinski definition) is 1. The molecule has 1 aliphatic rings. The second kappa shape index (κ2) is 8.64. The van der Waals surface area contributed by atoms with Crippen LogP contribution in [0.15, 0.2) is 48.5 Å². The number of Topliss-reactive ketones (excluding diaryl/α,β-unsaturated/α-hetero) is 1.